The van der Waals surface area contributed by atoms with Crippen molar-refractivity contribution in [2.75, 3.05) is 0 Å². The van der Waals surface area contributed by atoms with E-state index in [0.717, 1.165) is 3.67 Å². The van der Waals surface area contributed by atoms with Gasteiger partial charge in [0.05, 0.1) is 0 Å². The molecule has 0 aliphatic heterocycles. The van der Waals surface area contributed by atoms with Crippen LogP contribution in [0.25, 0.3) is 6.08 Å². The van der Waals surface area contributed by atoms with Gasteiger partial charge in [0.1, 0.15) is 0 Å². The number of rotatable bonds is 1. The van der Waals surface area contributed by atoms with Crippen LogP contribution >= 0.6 is 0 Å². The van der Waals surface area contributed by atoms with Gasteiger partial charge in [-0.3, -0.25) is 0 Å². The molecule has 0 saturated carbocycles. The Morgan fingerprint density at radius 3 is 2.36 bits per heavy atom. The van der Waals surface area contributed by atoms with Crippen LogP contribution in [-0.4, -0.2) is 0 Å². The van der Waals surface area contributed by atoms with E-state index in [-0.39, 0.29) is 60.1 Å². The minimum atomic E-state index is -0.353. The van der Waals surface area contributed by atoms with Crippen LogP contribution in [0, 0.1) is 0 Å². The standard InChI is InChI=1S/C9H7.CH3.3ClH.Hf/c1-2-5-9-7-3-6-8(9)4-1;;;;;/h1-7H;1H3;3*1H;/q;;;;;+3/p-3. The summed E-state index contributed by atoms with van der Waals surface area (Å²) >= 11 is -0.353. The number of allylic oxidation sites excluding steroid dienone is 1. The Labute approximate surface area is 115 Å². The van der Waals surface area contributed by atoms with Gasteiger partial charge >= 0.3 is 78.8 Å². The van der Waals surface area contributed by atoms with E-state index in [1.165, 1.54) is 5.56 Å². The fourth-order valence-electron chi connectivity index (χ4n) is 1.50. The summed E-state index contributed by atoms with van der Waals surface area (Å²) in [6.07, 6.45) is 4.66. The molecule has 0 fully saturated rings. The monoisotopic (exact) mass is 415 g/mol. The summed E-state index contributed by atoms with van der Waals surface area (Å²) in [5.74, 6) is 0. The molecule has 0 aromatic heterocycles. The van der Waals surface area contributed by atoms with Crippen molar-refractivity contribution in [3.05, 3.63) is 41.5 Å². The molecule has 4 heteroatoms. The smallest absolute Gasteiger partial charge is 1.00 e. The summed E-state index contributed by atoms with van der Waals surface area (Å²) in [5, 5.41) is 0. The summed E-state index contributed by atoms with van der Waals surface area (Å²) in [6, 6.07) is 8.76. The van der Waals surface area contributed by atoms with Gasteiger partial charge in [0.2, 0.25) is 0 Å². The zero-order chi connectivity index (χ0) is 7.68. The van der Waals surface area contributed by atoms with Gasteiger partial charge in [-0.15, -0.1) is 0 Å². The predicted molar refractivity (Wildman–Crippen MR) is 44.1 cm³/mol. The van der Waals surface area contributed by atoms with Crippen LogP contribution in [0.2, 0.25) is 4.68 Å². The summed E-state index contributed by atoms with van der Waals surface area (Å²) < 4.78 is 3.29. The van der Waals surface area contributed by atoms with Crippen LogP contribution in [0.15, 0.2) is 30.3 Å². The fraction of sp³-hybridized carbons (Fsp3) is 0.200. The van der Waals surface area contributed by atoms with E-state index in [9.17, 15) is 0 Å². The molecule has 0 nitrogen and oxygen atoms in total. The van der Waals surface area contributed by atoms with E-state index in [1.807, 2.05) is 0 Å². The van der Waals surface area contributed by atoms with Crippen molar-refractivity contribution in [2.24, 2.45) is 0 Å². The number of halogens is 3. The van der Waals surface area contributed by atoms with E-state index in [4.69, 9.17) is 0 Å². The van der Waals surface area contributed by atoms with Gasteiger partial charge in [0.15, 0.2) is 0 Å². The quantitative estimate of drug-likeness (QED) is 0.401. The number of fused-ring (bicyclic) bond motifs is 1. The van der Waals surface area contributed by atoms with Crippen molar-refractivity contribution in [1.82, 2.24) is 0 Å². The molecule has 0 spiro atoms. The molecule has 75 valence electrons. The number of hydrogen-bond acceptors (Lipinski definition) is 0. The van der Waals surface area contributed by atoms with Crippen LogP contribution < -0.4 is 37.2 Å². The Morgan fingerprint density at radius 2 is 1.71 bits per heavy atom. The van der Waals surface area contributed by atoms with Gasteiger partial charge in [0, 0.05) is 0 Å². The maximum absolute atomic E-state index is 2.43. The molecule has 1 aromatic rings. The Bertz CT molecular complexity index is 299. The minimum absolute atomic E-state index is 0. The molecule has 0 amide bonds. The van der Waals surface area contributed by atoms with Crippen molar-refractivity contribution in [3.8, 4) is 0 Å². The Balaban J connectivity index is 0. The molecular weight excluding hydrogens is 405 g/mol. The van der Waals surface area contributed by atoms with Gasteiger partial charge in [-0.25, -0.2) is 0 Å². The van der Waals surface area contributed by atoms with Crippen molar-refractivity contribution < 1.29 is 60.1 Å². The zero-order valence-corrected chi connectivity index (χ0v) is 13.5. The summed E-state index contributed by atoms with van der Waals surface area (Å²) in [4.78, 5) is 0. The summed E-state index contributed by atoms with van der Waals surface area (Å²) in [6.45, 7) is 0. The molecule has 0 saturated heterocycles. The van der Waals surface area contributed by atoms with E-state index in [1.54, 1.807) is 5.56 Å². The van der Waals surface area contributed by atoms with Crippen LogP contribution in [0.3, 0.4) is 0 Å². The molecule has 0 radical (unpaired) electrons. The van der Waals surface area contributed by atoms with Gasteiger partial charge in [0.25, 0.3) is 0 Å². The molecule has 0 bridgehead atoms. The average Bonchev–Trinajstić information content (AvgIpc) is 2.47. The molecular formula is C10H10Cl3Hf. The summed E-state index contributed by atoms with van der Waals surface area (Å²) in [7, 11) is 0. The number of benzene rings is 1. The third kappa shape index (κ3) is 3.37. The van der Waals surface area contributed by atoms with Gasteiger partial charge in [-0.05, 0) is 0 Å². The van der Waals surface area contributed by atoms with Gasteiger partial charge in [-0.1, -0.05) is 0 Å². The molecule has 1 aromatic carbocycles. The first kappa shape index (κ1) is 17.1. The number of hydrogen-bond donors (Lipinski definition) is 0. The predicted octanol–water partition coefficient (Wildman–Crippen LogP) is -6.10. The molecule has 1 aliphatic carbocycles. The maximum atomic E-state index is 2.43. The SMILES string of the molecule is [CH3][Hf+3][CH]1C=Cc2ccccc21.[Cl-].[Cl-].[Cl-]. The Morgan fingerprint density at radius 1 is 1.07 bits per heavy atom. The molecule has 0 N–H and O–H groups in total. The first-order valence-electron chi connectivity index (χ1n) is 3.86. The third-order valence-corrected chi connectivity index (χ3v) is 6.15. The normalized spacial score (nSPS) is 15.4. The Hall–Kier alpha value is 0.700. The molecule has 1 unspecified atom stereocenters. The Kier molecular flexibility index (Phi) is 9.68. The van der Waals surface area contributed by atoms with Crippen molar-refractivity contribution in [2.45, 2.75) is 8.35 Å². The molecule has 0 heterocycles. The minimum Gasteiger partial charge on any atom is -1.00 e. The van der Waals surface area contributed by atoms with Crippen LogP contribution in [-0.2, 0) is 22.9 Å². The van der Waals surface area contributed by atoms with Crippen LogP contribution in [0.1, 0.15) is 14.8 Å². The molecule has 1 atom stereocenters. The topological polar surface area (TPSA) is 0 Å². The van der Waals surface area contributed by atoms with Crippen molar-refractivity contribution >= 4 is 6.08 Å². The first-order chi connectivity index (χ1) is 5.42. The maximum Gasteiger partial charge on any atom is -1.00 e. The second kappa shape index (κ2) is 7.92. The van der Waals surface area contributed by atoms with E-state index >= 15 is 0 Å². The second-order valence-electron chi connectivity index (χ2n) is 2.75. The van der Waals surface area contributed by atoms with Gasteiger partial charge in [-0.2, -0.15) is 0 Å². The average molecular weight is 415 g/mol. The van der Waals surface area contributed by atoms with E-state index in [0.29, 0.717) is 0 Å². The third-order valence-electron chi connectivity index (χ3n) is 2.11. The second-order valence-corrected chi connectivity index (χ2v) is 7.06. The molecule has 2 rings (SSSR count). The molecule has 1 aliphatic rings. The fourth-order valence-corrected chi connectivity index (χ4v) is 4.60. The largest absolute Gasteiger partial charge is 1.00 e. The van der Waals surface area contributed by atoms with Gasteiger partial charge < -0.3 is 37.2 Å². The van der Waals surface area contributed by atoms with Crippen molar-refractivity contribution in [3.63, 3.8) is 0 Å². The summed E-state index contributed by atoms with van der Waals surface area (Å²) in [5.41, 5.74) is 3.03. The zero-order valence-electron chi connectivity index (χ0n) is 7.68. The first-order valence-corrected chi connectivity index (χ1v) is 9.53. The molecule has 14 heavy (non-hydrogen) atoms. The van der Waals surface area contributed by atoms with E-state index in [2.05, 4.69) is 41.1 Å². The van der Waals surface area contributed by atoms with Crippen molar-refractivity contribution in [1.29, 1.82) is 0 Å². The van der Waals surface area contributed by atoms with E-state index < -0.39 is 0 Å². The van der Waals surface area contributed by atoms with Crippen LogP contribution in [0.4, 0.5) is 0 Å². The van der Waals surface area contributed by atoms with Crippen LogP contribution in [0.5, 0.6) is 0 Å².